The van der Waals surface area contributed by atoms with Crippen molar-refractivity contribution in [3.63, 3.8) is 0 Å². The minimum atomic E-state index is -5.36. The highest BCUT2D eigenvalue weighted by Gasteiger charge is 2.31. The third-order valence-corrected chi connectivity index (χ3v) is 5.05. The third kappa shape index (κ3) is 5.93. The van der Waals surface area contributed by atoms with Crippen LogP contribution < -0.4 is 10.6 Å². The summed E-state index contributed by atoms with van der Waals surface area (Å²) in [4.78, 5) is 29.3. The molecule has 0 aliphatic carbocycles. The Bertz CT molecular complexity index is 2180. The molecule has 2 aromatic carbocycles. The molecule has 0 atom stereocenters. The Morgan fingerprint density at radius 3 is 2.74 bits per heavy atom. The quantitative estimate of drug-likeness (QED) is 0.260. The van der Waals surface area contributed by atoms with E-state index in [1.807, 2.05) is 5.32 Å². The smallest absolute Gasteiger partial charge is 0.324 e. The number of nitrogens with zero attached hydrogens (tertiary/aromatic N) is 5. The van der Waals surface area contributed by atoms with E-state index < -0.39 is 89.6 Å². The molecule has 8 nitrogen and oxygen atoms in total. The summed E-state index contributed by atoms with van der Waals surface area (Å²) in [5.41, 5.74) is -5.32. The first-order valence-electron chi connectivity index (χ1n) is 16.4. The van der Waals surface area contributed by atoms with Crippen molar-refractivity contribution in [2.45, 2.75) is 20.0 Å². The maximum atomic E-state index is 14.2. The highest BCUT2D eigenvalue weighted by atomic mass is 19.4. The number of benzene rings is 2. The first-order valence-corrected chi connectivity index (χ1v) is 10.9. The lowest BCUT2D eigenvalue weighted by atomic mass is 10.1. The van der Waals surface area contributed by atoms with Gasteiger partial charge in [0.15, 0.2) is 0 Å². The average molecular weight is 541 g/mol. The normalized spacial score (nSPS) is 15.6. The Hall–Kier alpha value is -5.06. The Labute approximate surface area is 237 Å². The maximum absolute atomic E-state index is 14.2. The van der Waals surface area contributed by atoms with Crippen LogP contribution in [0.15, 0.2) is 85.5 Å². The Balaban J connectivity index is 1.63. The molecule has 0 bridgehead atoms. The largest absolute Gasteiger partial charge is 0.416 e. The van der Waals surface area contributed by atoms with Crippen LogP contribution in [-0.4, -0.2) is 30.4 Å². The van der Waals surface area contributed by atoms with E-state index >= 15 is 0 Å². The molecule has 196 valence electrons. The molecule has 0 spiro atoms. The van der Waals surface area contributed by atoms with E-state index in [2.05, 4.69) is 25.3 Å². The van der Waals surface area contributed by atoms with Crippen LogP contribution in [0, 0.1) is 13.8 Å². The molecule has 0 radical (unpaired) electrons. The van der Waals surface area contributed by atoms with Gasteiger partial charge < -0.3 is 15.2 Å². The number of hydrogen-bond donors (Lipinski definition) is 2. The highest BCUT2D eigenvalue weighted by Crippen LogP contribution is 2.33. The molecule has 0 fully saturated rings. The molecule has 3 aromatic heterocycles. The van der Waals surface area contributed by atoms with Crippen molar-refractivity contribution in [3.8, 4) is 16.9 Å². The van der Waals surface area contributed by atoms with Gasteiger partial charge in [0.1, 0.15) is 0 Å². The van der Waals surface area contributed by atoms with Gasteiger partial charge >= 0.3 is 6.18 Å². The first-order chi connectivity index (χ1) is 23.2. The van der Waals surface area contributed by atoms with Crippen LogP contribution in [0.1, 0.15) is 42.3 Å². The highest BCUT2D eigenvalue weighted by molar-refractivity contribution is 6.05. The number of hydrogen-bond acceptors (Lipinski definition) is 6. The van der Waals surface area contributed by atoms with Crippen LogP contribution in [0.25, 0.3) is 16.9 Å². The summed E-state index contributed by atoms with van der Waals surface area (Å²) in [6, 6.07) is -3.31. The summed E-state index contributed by atoms with van der Waals surface area (Å²) in [6.45, 7) is -1.48. The van der Waals surface area contributed by atoms with Crippen molar-refractivity contribution < 1.29 is 33.0 Å². The van der Waals surface area contributed by atoms with Crippen LogP contribution >= 0.6 is 0 Å². The fraction of sp³-hybridized carbons (Fsp3) is 0.107. The van der Waals surface area contributed by atoms with E-state index in [0.717, 1.165) is 12.5 Å². The molecule has 11 heteroatoms. The molecule has 3 heterocycles. The monoisotopic (exact) mass is 540 g/mol. The lowest BCUT2D eigenvalue weighted by molar-refractivity contribution is -0.137. The zero-order valence-electron chi connectivity index (χ0n) is 30.7. The van der Waals surface area contributed by atoms with Gasteiger partial charge in [-0.15, -0.1) is 0 Å². The van der Waals surface area contributed by atoms with Crippen LogP contribution in [0.5, 0.6) is 0 Å². The molecule has 0 saturated carbocycles. The summed E-state index contributed by atoms with van der Waals surface area (Å²) in [5, 5.41) is 4.59. The number of nitrogens with one attached hydrogen (secondary N) is 2. The summed E-state index contributed by atoms with van der Waals surface area (Å²) >= 11 is 0. The molecule has 1 amide bonds. The fourth-order valence-electron chi connectivity index (χ4n) is 3.22. The summed E-state index contributed by atoms with van der Waals surface area (Å²) in [5.74, 6) is -1.81. The number of aromatic nitrogens is 5. The summed E-state index contributed by atoms with van der Waals surface area (Å²) in [6.07, 6.45) is -1.50. The van der Waals surface area contributed by atoms with Gasteiger partial charge in [-0.3, -0.25) is 9.78 Å². The molecule has 0 saturated heterocycles. The zero-order chi connectivity index (χ0) is 37.0. The number of imidazole rings is 1. The van der Waals surface area contributed by atoms with Crippen LogP contribution in [0.3, 0.4) is 0 Å². The third-order valence-electron chi connectivity index (χ3n) is 5.05. The molecule has 2 N–H and O–H groups in total. The van der Waals surface area contributed by atoms with Crippen molar-refractivity contribution in [2.75, 3.05) is 10.6 Å². The molecular formula is C28H22F3N7O. The molecule has 0 aliphatic heterocycles. The topological polar surface area (TPSA) is 97.6 Å². The van der Waals surface area contributed by atoms with Gasteiger partial charge in [-0.25, -0.2) is 15.0 Å². The second-order valence-electron chi connectivity index (χ2n) is 7.84. The van der Waals surface area contributed by atoms with Gasteiger partial charge in [-0.05, 0) is 67.7 Å². The lowest BCUT2D eigenvalue weighted by Crippen LogP contribution is -2.14. The standard InChI is InChI=1S/C28H22F3N7O/c1-17-5-6-19(10-25(17)37-27-33-9-7-24(36-27)20-4-3-8-32-14-20)26(39)35-22-11-21(28(29,30)31)12-23(13-22)38-15-18(2)34-16-38/h3-16H,1-2H3,(H,35,39)(H,33,36,37)/i2D3,5D,6D,7D,9D,10D,11D,12D,13D. The van der Waals surface area contributed by atoms with E-state index in [1.54, 1.807) is 12.1 Å². The van der Waals surface area contributed by atoms with Crippen LogP contribution in [0.2, 0.25) is 0 Å². The van der Waals surface area contributed by atoms with Crippen molar-refractivity contribution in [2.24, 2.45) is 0 Å². The lowest BCUT2D eigenvalue weighted by Gasteiger charge is -2.14. The van der Waals surface area contributed by atoms with Gasteiger partial charge in [0, 0.05) is 57.1 Å². The number of carbonyl (C=O) groups excluding carboxylic acids is 1. The SMILES string of the molecule is [2H]c1nc(Nc2c([2H])c(C(=O)Nc3c([2H])c(-n4cnc(C([2H])([2H])[2H])c4)c([2H])c(C(F)(F)F)c3[2H])c([2H])c([2H])c2C)nc(-c2cccnc2)c1[2H]. The van der Waals surface area contributed by atoms with Crippen LogP contribution in [-0.2, 0) is 6.18 Å². The predicted molar refractivity (Wildman–Crippen MR) is 141 cm³/mol. The zero-order valence-corrected chi connectivity index (χ0v) is 19.7. The number of halogens is 3. The number of anilines is 3. The van der Waals surface area contributed by atoms with E-state index in [0.29, 0.717) is 10.1 Å². The number of alkyl halides is 3. The van der Waals surface area contributed by atoms with Crippen molar-refractivity contribution in [1.29, 1.82) is 0 Å². The number of carbonyl (C=O) groups is 1. The Morgan fingerprint density at radius 2 is 2.00 bits per heavy atom. The predicted octanol–water partition coefficient (Wildman–Crippen LogP) is 6.36. The second-order valence-corrected chi connectivity index (χ2v) is 7.84. The number of rotatable bonds is 6. The molecule has 39 heavy (non-hydrogen) atoms. The summed E-state index contributed by atoms with van der Waals surface area (Å²) in [7, 11) is 0. The van der Waals surface area contributed by atoms with Crippen LogP contribution in [0.4, 0.5) is 30.5 Å². The van der Waals surface area contributed by atoms with Gasteiger partial charge in [-0.1, -0.05) is 6.04 Å². The summed E-state index contributed by atoms with van der Waals surface area (Å²) < 4.78 is 133. The Morgan fingerprint density at radius 1 is 1.13 bits per heavy atom. The first kappa shape index (κ1) is 15.4. The number of pyridine rings is 1. The second kappa shape index (κ2) is 10.4. The minimum absolute atomic E-state index is 0.0186. The van der Waals surface area contributed by atoms with Gasteiger partial charge in [0.2, 0.25) is 5.95 Å². The minimum Gasteiger partial charge on any atom is -0.324 e. The van der Waals surface area contributed by atoms with Crippen molar-refractivity contribution >= 4 is 23.2 Å². The maximum Gasteiger partial charge on any atom is 0.416 e. The van der Waals surface area contributed by atoms with Crippen molar-refractivity contribution in [1.82, 2.24) is 24.5 Å². The van der Waals surface area contributed by atoms with E-state index in [1.165, 1.54) is 19.3 Å². The molecule has 0 unspecified atom stereocenters. The molecule has 0 aliphatic rings. The van der Waals surface area contributed by atoms with Gasteiger partial charge in [-0.2, -0.15) is 13.2 Å². The molecular weight excluding hydrogens is 507 g/mol. The fourth-order valence-corrected chi connectivity index (χ4v) is 3.22. The van der Waals surface area contributed by atoms with Crippen molar-refractivity contribution in [3.05, 3.63) is 108 Å². The van der Waals surface area contributed by atoms with Gasteiger partial charge in [0.05, 0.1) is 34.2 Å². The van der Waals surface area contributed by atoms with Gasteiger partial charge in [0.25, 0.3) is 5.91 Å². The number of aryl methyl sites for hydroxylation is 1. The molecule has 5 aromatic rings. The van der Waals surface area contributed by atoms with E-state index in [-0.39, 0.29) is 28.9 Å². The van der Waals surface area contributed by atoms with E-state index in [9.17, 15) is 18.0 Å². The molecule has 5 rings (SSSR count). The average Bonchev–Trinajstić information content (AvgIpc) is 3.52. The Kier molecular flexibility index (Phi) is 4.09. The number of amides is 1. The van der Waals surface area contributed by atoms with E-state index in [4.69, 9.17) is 15.1 Å².